The summed E-state index contributed by atoms with van der Waals surface area (Å²) in [6.45, 7) is 11.8. The molecule has 0 aliphatic carbocycles. The van der Waals surface area contributed by atoms with Gasteiger partial charge in [0, 0.05) is 25.7 Å². The molecule has 3 aliphatic heterocycles. The second-order valence-corrected chi connectivity index (χ2v) is 12.5. The zero-order chi connectivity index (χ0) is 25.5. The van der Waals surface area contributed by atoms with Crippen LogP contribution in [0.3, 0.4) is 0 Å². The fourth-order valence-electron chi connectivity index (χ4n) is 5.20. The number of sulfonamides is 1. The van der Waals surface area contributed by atoms with Gasteiger partial charge in [0.05, 0.1) is 43.8 Å². The molecule has 1 amide bonds. The van der Waals surface area contributed by atoms with E-state index in [4.69, 9.17) is 14.2 Å². The van der Waals surface area contributed by atoms with Crippen molar-refractivity contribution in [3.05, 3.63) is 23.8 Å². The van der Waals surface area contributed by atoms with E-state index in [2.05, 4.69) is 4.90 Å². The number of likely N-dealkylation sites (N-methyl/N-ethyl adjacent to an activating group) is 1. The number of anilines is 1. The van der Waals surface area contributed by atoms with Crippen LogP contribution < -0.4 is 4.90 Å². The molecule has 0 aromatic heterocycles. The highest BCUT2D eigenvalue weighted by atomic mass is 32.2. The molecule has 0 radical (unpaired) electrons. The Kier molecular flexibility index (Phi) is 7.51. The molecule has 1 aromatic carbocycles. The summed E-state index contributed by atoms with van der Waals surface area (Å²) < 4.78 is 46.5. The van der Waals surface area contributed by atoms with Crippen LogP contribution in [-0.4, -0.2) is 93.5 Å². The lowest BCUT2D eigenvalue weighted by Gasteiger charge is -2.42. The smallest absolute Gasteiger partial charge is 0.268 e. The molecule has 3 aliphatic rings. The Hall–Kier alpha value is -1.72. The first-order valence-electron chi connectivity index (χ1n) is 12.4. The third-order valence-corrected chi connectivity index (χ3v) is 9.24. The Morgan fingerprint density at radius 2 is 1.83 bits per heavy atom. The summed E-state index contributed by atoms with van der Waals surface area (Å²) in [7, 11) is -2.31. The molecule has 0 spiro atoms. The highest BCUT2D eigenvalue weighted by Crippen LogP contribution is 2.35. The molecule has 0 bridgehead atoms. The SMILES string of the molecule is Cc1ccc(S(=O)(=O)N2CCOC2C(=O)N(C)C2CCC(C)(C)OC2)c(N2[C@@H](C)COC[C@@H]2C)c1. The van der Waals surface area contributed by atoms with Crippen LogP contribution in [-0.2, 0) is 29.0 Å². The van der Waals surface area contributed by atoms with Gasteiger partial charge in [0.25, 0.3) is 5.91 Å². The van der Waals surface area contributed by atoms with Crippen molar-refractivity contribution in [3.63, 3.8) is 0 Å². The molecule has 0 saturated carbocycles. The third kappa shape index (κ3) is 5.22. The summed E-state index contributed by atoms with van der Waals surface area (Å²) in [6.07, 6.45) is 0.434. The van der Waals surface area contributed by atoms with Gasteiger partial charge in [-0.2, -0.15) is 4.31 Å². The topological polar surface area (TPSA) is 88.6 Å². The largest absolute Gasteiger partial charge is 0.377 e. The van der Waals surface area contributed by atoms with Crippen LogP contribution in [0.5, 0.6) is 0 Å². The molecule has 9 nitrogen and oxygen atoms in total. The van der Waals surface area contributed by atoms with E-state index in [0.717, 1.165) is 18.4 Å². The lowest BCUT2D eigenvalue weighted by molar-refractivity contribution is -0.152. The molecule has 1 aromatic rings. The van der Waals surface area contributed by atoms with Gasteiger partial charge >= 0.3 is 0 Å². The van der Waals surface area contributed by atoms with Gasteiger partial charge in [-0.1, -0.05) is 6.07 Å². The van der Waals surface area contributed by atoms with Gasteiger partial charge < -0.3 is 24.0 Å². The Labute approximate surface area is 209 Å². The van der Waals surface area contributed by atoms with Gasteiger partial charge in [0.2, 0.25) is 16.3 Å². The lowest BCUT2D eigenvalue weighted by Crippen LogP contribution is -2.53. The van der Waals surface area contributed by atoms with Crippen molar-refractivity contribution in [2.75, 3.05) is 44.9 Å². The van der Waals surface area contributed by atoms with Crippen molar-refractivity contribution in [2.24, 2.45) is 0 Å². The number of carbonyl (C=O) groups is 1. The lowest BCUT2D eigenvalue weighted by atomic mass is 9.95. The molecule has 0 N–H and O–H groups in total. The van der Waals surface area contributed by atoms with Crippen LogP contribution in [0, 0.1) is 6.92 Å². The Morgan fingerprint density at radius 3 is 2.46 bits per heavy atom. The molecule has 35 heavy (non-hydrogen) atoms. The standard InChI is InChI=1S/C25H39N3O6S/c1-17-7-8-22(21(13-17)28-18(2)14-32-15-19(28)3)35(30,31)27-11-12-33-24(27)23(29)26(6)20-9-10-25(4,5)34-16-20/h7-8,13,18-20,24H,9-12,14-16H2,1-6H3/t18-,19-,20?,24?/m0/s1. The van der Waals surface area contributed by atoms with Gasteiger partial charge in [-0.15, -0.1) is 0 Å². The Morgan fingerprint density at radius 1 is 1.14 bits per heavy atom. The van der Waals surface area contributed by atoms with Crippen LogP contribution >= 0.6 is 0 Å². The molecule has 4 atom stereocenters. The summed E-state index contributed by atoms with van der Waals surface area (Å²) in [5.41, 5.74) is 1.40. The number of ether oxygens (including phenoxy) is 3. The average molecular weight is 510 g/mol. The fraction of sp³-hybridized carbons (Fsp3) is 0.720. The normalized spacial score (nSPS) is 29.8. The van der Waals surface area contributed by atoms with Crippen molar-refractivity contribution in [2.45, 2.75) is 82.3 Å². The van der Waals surface area contributed by atoms with E-state index in [-0.39, 0.29) is 47.7 Å². The van der Waals surface area contributed by atoms with Crippen molar-refractivity contribution in [1.82, 2.24) is 9.21 Å². The summed E-state index contributed by atoms with van der Waals surface area (Å²) >= 11 is 0. The molecule has 3 heterocycles. The number of rotatable bonds is 5. The number of hydrogen-bond donors (Lipinski definition) is 0. The van der Waals surface area contributed by atoms with Gasteiger partial charge in [-0.05, 0) is 65.2 Å². The Balaban J connectivity index is 1.62. The van der Waals surface area contributed by atoms with Crippen LogP contribution in [0.2, 0.25) is 0 Å². The van der Waals surface area contributed by atoms with Crippen molar-refractivity contribution in [1.29, 1.82) is 0 Å². The fourth-order valence-corrected chi connectivity index (χ4v) is 6.84. The molecular formula is C25H39N3O6S. The maximum Gasteiger partial charge on any atom is 0.268 e. The van der Waals surface area contributed by atoms with E-state index >= 15 is 0 Å². The van der Waals surface area contributed by atoms with Crippen molar-refractivity contribution >= 4 is 21.6 Å². The summed E-state index contributed by atoms with van der Waals surface area (Å²) in [5.74, 6) is -0.360. The zero-order valence-corrected chi connectivity index (χ0v) is 22.5. The third-order valence-electron chi connectivity index (χ3n) is 7.35. The maximum atomic E-state index is 14.0. The van der Waals surface area contributed by atoms with E-state index in [0.29, 0.717) is 25.5 Å². The van der Waals surface area contributed by atoms with Gasteiger partial charge in [-0.25, -0.2) is 8.42 Å². The van der Waals surface area contributed by atoms with Crippen LogP contribution in [0.15, 0.2) is 23.1 Å². The van der Waals surface area contributed by atoms with Crippen LogP contribution in [0.25, 0.3) is 0 Å². The zero-order valence-electron chi connectivity index (χ0n) is 21.7. The summed E-state index contributed by atoms with van der Waals surface area (Å²) in [6, 6.07) is 5.27. The molecule has 3 saturated heterocycles. The van der Waals surface area contributed by atoms with E-state index in [9.17, 15) is 13.2 Å². The first-order valence-corrected chi connectivity index (χ1v) is 13.9. The number of benzene rings is 1. The van der Waals surface area contributed by atoms with Gasteiger partial charge in [0.15, 0.2) is 0 Å². The highest BCUT2D eigenvalue weighted by molar-refractivity contribution is 7.89. The summed E-state index contributed by atoms with van der Waals surface area (Å²) in [4.78, 5) is 17.4. The first-order chi connectivity index (χ1) is 16.4. The number of aryl methyl sites for hydroxylation is 1. The second-order valence-electron chi connectivity index (χ2n) is 10.7. The quantitative estimate of drug-likeness (QED) is 0.602. The average Bonchev–Trinajstić information content (AvgIpc) is 3.29. The summed E-state index contributed by atoms with van der Waals surface area (Å²) in [5, 5.41) is 0. The van der Waals surface area contributed by atoms with E-state index in [1.54, 1.807) is 24.1 Å². The highest BCUT2D eigenvalue weighted by Gasteiger charge is 2.45. The van der Waals surface area contributed by atoms with Crippen LogP contribution in [0.1, 0.15) is 46.1 Å². The molecule has 196 valence electrons. The van der Waals surface area contributed by atoms with E-state index in [1.807, 2.05) is 40.7 Å². The molecule has 3 fully saturated rings. The molecule has 4 rings (SSSR count). The maximum absolute atomic E-state index is 14.0. The minimum absolute atomic E-state index is 0.0171. The predicted octanol–water partition coefficient (Wildman–Crippen LogP) is 2.37. The number of morpholine rings is 1. The first kappa shape index (κ1) is 26.3. The van der Waals surface area contributed by atoms with Crippen LogP contribution in [0.4, 0.5) is 5.69 Å². The van der Waals surface area contributed by atoms with Crippen molar-refractivity contribution in [3.8, 4) is 0 Å². The monoisotopic (exact) mass is 509 g/mol. The Bertz CT molecular complexity index is 1030. The van der Waals surface area contributed by atoms with E-state index in [1.165, 1.54) is 4.31 Å². The number of carbonyl (C=O) groups excluding carboxylic acids is 1. The van der Waals surface area contributed by atoms with Gasteiger partial charge in [0.1, 0.15) is 4.90 Å². The minimum atomic E-state index is -4.01. The number of amides is 1. The molecule has 2 unspecified atom stereocenters. The predicted molar refractivity (Wildman–Crippen MR) is 133 cm³/mol. The van der Waals surface area contributed by atoms with E-state index < -0.39 is 16.3 Å². The van der Waals surface area contributed by atoms with Gasteiger partial charge in [-0.3, -0.25) is 4.79 Å². The second kappa shape index (κ2) is 9.97. The molecular weight excluding hydrogens is 470 g/mol. The molecule has 10 heteroatoms. The minimum Gasteiger partial charge on any atom is -0.377 e. The number of nitrogens with zero attached hydrogens (tertiary/aromatic N) is 3. The van der Waals surface area contributed by atoms with Crippen molar-refractivity contribution < 1.29 is 27.4 Å². The number of hydrogen-bond acceptors (Lipinski definition) is 7.